The molecule has 1 atom stereocenters. The van der Waals surface area contributed by atoms with Crippen LogP contribution in [0.25, 0.3) is 33.3 Å². The quantitative estimate of drug-likeness (QED) is 0.326. The van der Waals surface area contributed by atoms with Crippen molar-refractivity contribution in [3.63, 3.8) is 0 Å². The number of carbonyl (C=O) groups is 1. The number of aromatic nitrogens is 2. The number of nitrogens with two attached hydrogens (primary N) is 2. The Labute approximate surface area is 190 Å². The Morgan fingerprint density at radius 1 is 0.970 bits per heavy atom. The maximum absolute atomic E-state index is 13.5. The van der Waals surface area contributed by atoms with Gasteiger partial charge < -0.3 is 21.8 Å². The van der Waals surface area contributed by atoms with Crippen LogP contribution in [-0.4, -0.2) is 35.0 Å². The van der Waals surface area contributed by atoms with Crippen LogP contribution in [0.2, 0.25) is 0 Å². The molecule has 4 aromatic rings. The van der Waals surface area contributed by atoms with Crippen LogP contribution >= 0.6 is 0 Å². The van der Waals surface area contributed by atoms with Crippen LogP contribution < -0.4 is 16.8 Å². The number of fused-ring (bicyclic) bond motifs is 1. The minimum atomic E-state index is -0.360. The highest BCUT2D eigenvalue weighted by atomic mass is 19.1. The van der Waals surface area contributed by atoms with Crippen molar-refractivity contribution in [3.05, 3.63) is 78.1 Å². The number of halogens is 2. The molecule has 6 N–H and O–H groups in total. The summed E-state index contributed by atoms with van der Waals surface area (Å²) in [6, 6.07) is 15.7. The Morgan fingerprint density at radius 3 is 2.12 bits per heavy atom. The van der Waals surface area contributed by atoms with Crippen molar-refractivity contribution in [2.45, 2.75) is 18.9 Å². The van der Waals surface area contributed by atoms with E-state index in [4.69, 9.17) is 11.5 Å². The number of amides is 1. The lowest BCUT2D eigenvalue weighted by molar-refractivity contribution is 0.0941. The molecule has 0 radical (unpaired) electrons. The van der Waals surface area contributed by atoms with Crippen molar-refractivity contribution in [1.29, 1.82) is 0 Å². The van der Waals surface area contributed by atoms with E-state index in [9.17, 15) is 13.6 Å². The van der Waals surface area contributed by atoms with Gasteiger partial charge in [-0.15, -0.1) is 0 Å². The summed E-state index contributed by atoms with van der Waals surface area (Å²) in [6.45, 7) is 0.871. The lowest BCUT2D eigenvalue weighted by Crippen LogP contribution is -2.37. The maximum atomic E-state index is 13.5. The minimum absolute atomic E-state index is 0.164. The molecule has 0 aliphatic carbocycles. The molecule has 4 rings (SSSR count). The fourth-order valence-electron chi connectivity index (χ4n) is 3.69. The number of nitrogens with zero attached hydrogens (tertiary/aromatic N) is 1. The van der Waals surface area contributed by atoms with E-state index in [-0.39, 0.29) is 29.4 Å². The molecule has 0 aliphatic rings. The molecule has 1 amide bonds. The lowest BCUT2D eigenvalue weighted by atomic mass is 9.94. The van der Waals surface area contributed by atoms with Gasteiger partial charge in [0, 0.05) is 12.6 Å². The Morgan fingerprint density at radius 2 is 1.55 bits per heavy atom. The first-order valence-electron chi connectivity index (χ1n) is 10.7. The molecule has 1 aromatic heterocycles. The molecule has 8 heteroatoms. The molecule has 1 heterocycles. The van der Waals surface area contributed by atoms with Crippen molar-refractivity contribution >= 4 is 16.9 Å². The zero-order valence-corrected chi connectivity index (χ0v) is 17.9. The number of nitrogens with one attached hydrogen (secondary N) is 2. The monoisotopic (exact) mass is 449 g/mol. The Balaban J connectivity index is 1.70. The average Bonchev–Trinajstić information content (AvgIpc) is 3.24. The standard InChI is InChI=1S/C25H25F2N5O/c26-17-7-3-15(4-8-17)20-12-22-23(13-21(20)16-5-9-18(27)10-6-16)32-24(31-22)25(33)30-14-19(29)2-1-11-28/h3-10,12-13,19H,1-2,11,14,28-29H2,(H,30,33)(H,31,32). The first kappa shape index (κ1) is 22.6. The van der Waals surface area contributed by atoms with Gasteiger partial charge in [-0.25, -0.2) is 13.8 Å². The zero-order chi connectivity index (χ0) is 23.4. The number of H-pyrrole nitrogens is 1. The lowest BCUT2D eigenvalue weighted by Gasteiger charge is -2.11. The van der Waals surface area contributed by atoms with Crippen molar-refractivity contribution < 1.29 is 13.6 Å². The van der Waals surface area contributed by atoms with E-state index >= 15 is 0 Å². The summed E-state index contributed by atoms with van der Waals surface area (Å²) in [4.78, 5) is 20.1. The predicted octanol–water partition coefficient (Wildman–Crippen LogP) is 3.97. The van der Waals surface area contributed by atoms with Crippen LogP contribution in [-0.2, 0) is 0 Å². The number of aromatic amines is 1. The SMILES string of the molecule is NCCCC(N)CNC(=O)c1nc2cc(-c3ccc(F)cc3)c(-c3ccc(F)cc3)cc2[nH]1. The van der Waals surface area contributed by atoms with E-state index in [1.807, 2.05) is 12.1 Å². The maximum Gasteiger partial charge on any atom is 0.287 e. The van der Waals surface area contributed by atoms with Gasteiger partial charge in [0.15, 0.2) is 5.82 Å². The highest BCUT2D eigenvalue weighted by molar-refractivity contribution is 5.98. The number of imidazole rings is 1. The molecule has 0 aliphatic heterocycles. The van der Waals surface area contributed by atoms with Gasteiger partial charge >= 0.3 is 0 Å². The molecular formula is C25H25F2N5O. The third-order valence-electron chi connectivity index (χ3n) is 5.45. The van der Waals surface area contributed by atoms with Gasteiger partial charge in [0.2, 0.25) is 0 Å². The summed E-state index contributed by atoms with van der Waals surface area (Å²) < 4.78 is 27.0. The molecular weight excluding hydrogens is 424 g/mol. The smallest absolute Gasteiger partial charge is 0.287 e. The Bertz CT molecular complexity index is 1170. The third-order valence-corrected chi connectivity index (χ3v) is 5.45. The molecule has 0 bridgehead atoms. The molecule has 170 valence electrons. The summed E-state index contributed by atoms with van der Waals surface area (Å²) in [7, 11) is 0. The summed E-state index contributed by atoms with van der Waals surface area (Å²) in [5, 5.41) is 2.79. The second-order valence-corrected chi connectivity index (χ2v) is 7.92. The van der Waals surface area contributed by atoms with Crippen LogP contribution in [0.3, 0.4) is 0 Å². The van der Waals surface area contributed by atoms with Crippen LogP contribution in [0.5, 0.6) is 0 Å². The third kappa shape index (κ3) is 5.24. The second-order valence-electron chi connectivity index (χ2n) is 7.92. The largest absolute Gasteiger partial charge is 0.348 e. The van der Waals surface area contributed by atoms with Gasteiger partial charge in [-0.2, -0.15) is 0 Å². The van der Waals surface area contributed by atoms with Gasteiger partial charge in [0.05, 0.1) is 11.0 Å². The van der Waals surface area contributed by atoms with Crippen LogP contribution in [0.1, 0.15) is 23.5 Å². The molecule has 1 unspecified atom stereocenters. The van der Waals surface area contributed by atoms with E-state index in [1.165, 1.54) is 24.3 Å². The number of hydrogen-bond acceptors (Lipinski definition) is 4. The fourth-order valence-corrected chi connectivity index (χ4v) is 3.69. The van der Waals surface area contributed by atoms with Gasteiger partial charge in [-0.3, -0.25) is 4.79 Å². The molecule has 0 saturated heterocycles. The molecule has 3 aromatic carbocycles. The Hall–Kier alpha value is -3.62. The number of rotatable bonds is 8. The number of hydrogen-bond donors (Lipinski definition) is 4. The van der Waals surface area contributed by atoms with E-state index in [0.717, 1.165) is 35.1 Å². The van der Waals surface area contributed by atoms with Crippen LogP contribution in [0, 0.1) is 11.6 Å². The highest BCUT2D eigenvalue weighted by Crippen LogP contribution is 2.35. The predicted molar refractivity (Wildman–Crippen MR) is 125 cm³/mol. The molecule has 0 fully saturated rings. The van der Waals surface area contributed by atoms with Gasteiger partial charge in [0.25, 0.3) is 5.91 Å². The van der Waals surface area contributed by atoms with E-state index in [0.29, 0.717) is 24.1 Å². The van der Waals surface area contributed by atoms with E-state index in [2.05, 4.69) is 15.3 Å². The van der Waals surface area contributed by atoms with Crippen molar-refractivity contribution in [1.82, 2.24) is 15.3 Å². The van der Waals surface area contributed by atoms with Crippen molar-refractivity contribution in [2.75, 3.05) is 13.1 Å². The summed E-state index contributed by atoms with van der Waals surface area (Å²) in [5.41, 5.74) is 15.9. The summed E-state index contributed by atoms with van der Waals surface area (Å²) in [5.74, 6) is -0.877. The van der Waals surface area contributed by atoms with Gasteiger partial charge in [0.1, 0.15) is 11.6 Å². The normalized spacial score (nSPS) is 12.1. The second kappa shape index (κ2) is 9.89. The minimum Gasteiger partial charge on any atom is -0.348 e. The van der Waals surface area contributed by atoms with Crippen molar-refractivity contribution in [2.24, 2.45) is 11.5 Å². The molecule has 0 spiro atoms. The Kier molecular flexibility index (Phi) is 6.76. The molecule has 6 nitrogen and oxygen atoms in total. The van der Waals surface area contributed by atoms with Crippen molar-refractivity contribution in [3.8, 4) is 22.3 Å². The first-order valence-corrected chi connectivity index (χ1v) is 10.7. The average molecular weight is 450 g/mol. The van der Waals surface area contributed by atoms with E-state index < -0.39 is 0 Å². The fraction of sp³-hybridized carbons (Fsp3) is 0.200. The van der Waals surface area contributed by atoms with E-state index in [1.54, 1.807) is 24.3 Å². The van der Waals surface area contributed by atoms with Crippen LogP contribution in [0.4, 0.5) is 8.78 Å². The van der Waals surface area contributed by atoms with Crippen LogP contribution in [0.15, 0.2) is 60.7 Å². The molecule has 0 saturated carbocycles. The number of carbonyl (C=O) groups excluding carboxylic acids is 1. The summed E-state index contributed by atoms with van der Waals surface area (Å²) >= 11 is 0. The number of benzene rings is 3. The summed E-state index contributed by atoms with van der Waals surface area (Å²) in [6.07, 6.45) is 1.51. The topological polar surface area (TPSA) is 110 Å². The first-order chi connectivity index (χ1) is 15.9. The highest BCUT2D eigenvalue weighted by Gasteiger charge is 2.16. The zero-order valence-electron chi connectivity index (χ0n) is 17.9. The van der Waals surface area contributed by atoms with Gasteiger partial charge in [-0.1, -0.05) is 24.3 Å². The molecule has 33 heavy (non-hydrogen) atoms. The van der Waals surface area contributed by atoms with Gasteiger partial charge in [-0.05, 0) is 78.0 Å².